The molecule has 0 spiro atoms. The van der Waals surface area contributed by atoms with Crippen molar-refractivity contribution < 1.29 is 39.2 Å². The van der Waals surface area contributed by atoms with Crippen LogP contribution in [0.4, 0.5) is 0 Å². The van der Waals surface area contributed by atoms with E-state index in [0.29, 0.717) is 58.0 Å². The van der Waals surface area contributed by atoms with Crippen molar-refractivity contribution in [2.75, 3.05) is 6.61 Å². The van der Waals surface area contributed by atoms with Gasteiger partial charge in [0, 0.05) is 18.9 Å². The molecule has 6 N–H and O–H groups in total. The van der Waals surface area contributed by atoms with Crippen LogP contribution >= 0.6 is 0 Å². The normalized spacial score (nSPS) is 21.6. The number of hydrogen-bond donors (Lipinski definition) is 5. The van der Waals surface area contributed by atoms with E-state index in [9.17, 15) is 29.4 Å². The third-order valence-corrected chi connectivity index (χ3v) is 7.12. The van der Waals surface area contributed by atoms with E-state index < -0.39 is 41.8 Å². The molecule has 0 radical (unpaired) electrons. The number of aliphatic carboxylic acids is 3. The molecule has 10 nitrogen and oxygen atoms in total. The van der Waals surface area contributed by atoms with E-state index in [1.807, 2.05) is 30.3 Å². The molecule has 1 heterocycles. The fourth-order valence-corrected chi connectivity index (χ4v) is 5.27. The van der Waals surface area contributed by atoms with Crippen LogP contribution in [0.3, 0.4) is 0 Å². The van der Waals surface area contributed by atoms with Gasteiger partial charge >= 0.3 is 17.9 Å². The fraction of sp³-hybridized carbons (Fsp3) is 0.615. The van der Waals surface area contributed by atoms with Crippen molar-refractivity contribution in [2.24, 2.45) is 23.6 Å². The second-order valence-electron chi connectivity index (χ2n) is 9.56. The third kappa shape index (κ3) is 8.60. The summed E-state index contributed by atoms with van der Waals surface area (Å²) < 4.78 is 6.55. The van der Waals surface area contributed by atoms with Crippen LogP contribution in [0.25, 0.3) is 0 Å². The van der Waals surface area contributed by atoms with Crippen LogP contribution in [0.15, 0.2) is 30.3 Å². The first-order valence-electron chi connectivity index (χ1n) is 12.6. The Balaban J connectivity index is 2.41. The summed E-state index contributed by atoms with van der Waals surface area (Å²) in [7, 11) is 0. The summed E-state index contributed by atoms with van der Waals surface area (Å²) in [6, 6.07) is 9.53. The van der Waals surface area contributed by atoms with Crippen LogP contribution in [0, 0.1) is 17.8 Å². The molecule has 1 saturated heterocycles. The van der Waals surface area contributed by atoms with E-state index >= 15 is 0 Å². The van der Waals surface area contributed by atoms with Crippen molar-refractivity contribution in [1.29, 1.82) is 0 Å². The Morgan fingerprint density at radius 3 is 2.33 bits per heavy atom. The van der Waals surface area contributed by atoms with E-state index in [0.717, 1.165) is 5.56 Å². The average molecular weight is 507 g/mol. The number of carboxylic acid groups (broad SMARTS) is 3. The van der Waals surface area contributed by atoms with Crippen LogP contribution < -0.4 is 11.3 Å². The molecule has 0 aromatic heterocycles. The Morgan fingerprint density at radius 2 is 1.72 bits per heavy atom. The Labute approximate surface area is 211 Å². The highest BCUT2D eigenvalue weighted by Gasteiger charge is 2.45. The smallest absolute Gasteiger partial charge is 0.307 e. The minimum Gasteiger partial charge on any atom is -0.481 e. The van der Waals surface area contributed by atoms with Crippen molar-refractivity contribution in [1.82, 2.24) is 5.43 Å². The van der Waals surface area contributed by atoms with Gasteiger partial charge in [-0.25, -0.2) is 5.84 Å². The number of hydrazine groups is 1. The van der Waals surface area contributed by atoms with Gasteiger partial charge in [-0.15, -0.1) is 0 Å². The van der Waals surface area contributed by atoms with Gasteiger partial charge < -0.3 is 20.1 Å². The molecule has 1 aromatic rings. The van der Waals surface area contributed by atoms with E-state index in [4.69, 9.17) is 15.7 Å². The largest absolute Gasteiger partial charge is 0.481 e. The summed E-state index contributed by atoms with van der Waals surface area (Å²) in [6.45, 7) is 0.413. The van der Waals surface area contributed by atoms with Crippen LogP contribution in [0.5, 0.6) is 0 Å². The molecule has 1 aromatic carbocycles. The summed E-state index contributed by atoms with van der Waals surface area (Å²) in [5.41, 5.74) is 2.24. The van der Waals surface area contributed by atoms with E-state index in [-0.39, 0.29) is 24.7 Å². The number of nitrogens with one attached hydrogen (secondary N) is 1. The van der Waals surface area contributed by atoms with E-state index in [2.05, 4.69) is 5.43 Å². The minimum atomic E-state index is -1.17. The lowest BCUT2D eigenvalue weighted by molar-refractivity contribution is -0.149. The van der Waals surface area contributed by atoms with E-state index in [1.165, 1.54) is 0 Å². The highest BCUT2D eigenvalue weighted by molar-refractivity contribution is 5.78. The second-order valence-corrected chi connectivity index (χ2v) is 9.56. The standard InChI is InChI=1S/C26H38N2O8/c27-28-24(33)19-8-7-15-36-26(17-19,20-9-3-1-4-10-20)21(11-5-2-6-12-22(29)30)14-13-18(25(34)35)16-23(31)32/h1,3-4,9-10,18-19,21H,2,5-8,11-17,27H2,(H,28,33)(H,29,30)(H,31,32)(H,34,35). The highest BCUT2D eigenvalue weighted by Crippen LogP contribution is 2.47. The van der Waals surface area contributed by atoms with Gasteiger partial charge in [-0.3, -0.25) is 24.6 Å². The molecule has 1 amide bonds. The summed E-state index contributed by atoms with van der Waals surface area (Å²) in [5, 5.41) is 27.7. The Bertz CT molecular complexity index is 878. The lowest BCUT2D eigenvalue weighted by atomic mass is 9.70. The van der Waals surface area contributed by atoms with Gasteiger partial charge in [0.25, 0.3) is 0 Å². The predicted molar refractivity (Wildman–Crippen MR) is 131 cm³/mol. The average Bonchev–Trinajstić information content (AvgIpc) is 3.08. The van der Waals surface area contributed by atoms with Crippen molar-refractivity contribution in [3.63, 3.8) is 0 Å². The number of rotatable bonds is 15. The monoisotopic (exact) mass is 506 g/mol. The van der Waals surface area contributed by atoms with Crippen LogP contribution in [-0.2, 0) is 29.5 Å². The number of benzene rings is 1. The van der Waals surface area contributed by atoms with E-state index in [1.54, 1.807) is 0 Å². The molecule has 1 fully saturated rings. The number of ether oxygens (including phenoxy) is 1. The van der Waals surface area contributed by atoms with Crippen molar-refractivity contribution in [2.45, 2.75) is 76.2 Å². The lowest BCUT2D eigenvalue weighted by Crippen LogP contribution is -2.43. The summed E-state index contributed by atoms with van der Waals surface area (Å²) in [4.78, 5) is 46.5. The van der Waals surface area contributed by atoms with Crippen molar-refractivity contribution in [3.8, 4) is 0 Å². The molecule has 0 bridgehead atoms. The minimum absolute atomic E-state index is 0.0729. The molecular formula is C26H38N2O8. The summed E-state index contributed by atoms with van der Waals surface area (Å²) >= 11 is 0. The van der Waals surface area contributed by atoms with Gasteiger partial charge in [-0.05, 0) is 56.4 Å². The van der Waals surface area contributed by atoms with Gasteiger partial charge in [0.2, 0.25) is 5.91 Å². The van der Waals surface area contributed by atoms with Crippen molar-refractivity contribution in [3.05, 3.63) is 35.9 Å². The van der Waals surface area contributed by atoms with Crippen LogP contribution in [-0.4, -0.2) is 45.7 Å². The number of amides is 1. The summed E-state index contributed by atoms with van der Waals surface area (Å²) in [6.07, 6.45) is 4.26. The first kappa shape index (κ1) is 29.3. The Morgan fingerprint density at radius 1 is 1.00 bits per heavy atom. The Kier molecular flexibility index (Phi) is 11.8. The van der Waals surface area contributed by atoms with Crippen molar-refractivity contribution >= 4 is 23.8 Å². The molecule has 36 heavy (non-hydrogen) atoms. The molecule has 10 heteroatoms. The maximum absolute atomic E-state index is 12.6. The lowest BCUT2D eigenvalue weighted by Gasteiger charge is -2.42. The molecule has 4 unspecified atom stereocenters. The van der Waals surface area contributed by atoms with Gasteiger partial charge in [0.15, 0.2) is 0 Å². The number of unbranched alkanes of at least 4 members (excludes halogenated alkanes) is 2. The first-order chi connectivity index (χ1) is 17.2. The molecule has 1 aliphatic rings. The molecule has 0 aliphatic carbocycles. The highest BCUT2D eigenvalue weighted by atomic mass is 16.5. The predicted octanol–water partition coefficient (Wildman–Crippen LogP) is 3.30. The molecule has 2 rings (SSSR count). The topological polar surface area (TPSA) is 176 Å². The number of nitrogens with two attached hydrogens (primary N) is 1. The maximum Gasteiger partial charge on any atom is 0.307 e. The Hall–Kier alpha value is -2.98. The molecule has 0 saturated carbocycles. The van der Waals surface area contributed by atoms with Gasteiger partial charge in [-0.1, -0.05) is 43.2 Å². The molecule has 4 atom stereocenters. The van der Waals surface area contributed by atoms with Gasteiger partial charge in [0.05, 0.1) is 17.9 Å². The third-order valence-electron chi connectivity index (χ3n) is 7.12. The molecule has 200 valence electrons. The zero-order chi connectivity index (χ0) is 26.6. The SMILES string of the molecule is NNC(=O)C1CCCOC(c2ccccc2)(C(CCCCCC(=O)O)CCC(CC(=O)O)C(=O)O)C1. The number of carbonyl (C=O) groups excluding carboxylic acids is 1. The van der Waals surface area contributed by atoms with Gasteiger partial charge in [0.1, 0.15) is 0 Å². The van der Waals surface area contributed by atoms with Crippen LogP contribution in [0.2, 0.25) is 0 Å². The zero-order valence-corrected chi connectivity index (χ0v) is 20.6. The molecular weight excluding hydrogens is 468 g/mol. The molecule has 1 aliphatic heterocycles. The number of hydrogen-bond acceptors (Lipinski definition) is 6. The van der Waals surface area contributed by atoms with Crippen LogP contribution in [0.1, 0.15) is 76.2 Å². The summed E-state index contributed by atoms with van der Waals surface area (Å²) in [5.74, 6) is 0.339. The second kappa shape index (κ2) is 14.5. The quantitative estimate of drug-likeness (QED) is 0.103. The maximum atomic E-state index is 12.6. The number of carbonyl (C=O) groups is 4. The first-order valence-corrected chi connectivity index (χ1v) is 12.6. The zero-order valence-electron chi connectivity index (χ0n) is 20.6. The van der Waals surface area contributed by atoms with Gasteiger partial charge in [-0.2, -0.15) is 0 Å². The fourth-order valence-electron chi connectivity index (χ4n) is 5.27. The number of carboxylic acids is 3.